The van der Waals surface area contributed by atoms with Gasteiger partial charge in [0.05, 0.1) is 17.1 Å². The summed E-state index contributed by atoms with van der Waals surface area (Å²) in [7, 11) is 0. The van der Waals surface area contributed by atoms with Crippen LogP contribution < -0.4 is 0 Å². The first-order valence-corrected chi connectivity index (χ1v) is 6.32. The van der Waals surface area contributed by atoms with Crippen LogP contribution in [0.25, 0.3) is 0 Å². The molecule has 4 unspecified atom stereocenters. The van der Waals surface area contributed by atoms with Gasteiger partial charge < -0.3 is 15.0 Å². The zero-order chi connectivity index (χ0) is 12.4. The third-order valence-electron chi connectivity index (χ3n) is 4.62. The van der Waals surface area contributed by atoms with Gasteiger partial charge in [-0.3, -0.25) is 0 Å². The number of hydrogen-bond donors (Lipinski definition) is 2. The van der Waals surface area contributed by atoms with Gasteiger partial charge in [0.2, 0.25) is 0 Å². The van der Waals surface area contributed by atoms with E-state index in [9.17, 15) is 15.0 Å². The number of hydrogen-bond acceptors (Lipinski definition) is 3. The van der Waals surface area contributed by atoms with Crippen LogP contribution in [-0.2, 0) is 4.79 Å². The van der Waals surface area contributed by atoms with Crippen LogP contribution >= 0.6 is 0 Å². The number of aldehydes is 1. The number of carbonyl (C=O) groups excluding carboxylic acids is 1. The first-order valence-electron chi connectivity index (χ1n) is 6.32. The predicted octanol–water partition coefficient (Wildman–Crippen LogP) is 1.90. The third-order valence-corrected chi connectivity index (χ3v) is 4.62. The fourth-order valence-electron chi connectivity index (χ4n) is 3.15. The molecule has 1 saturated carbocycles. The van der Waals surface area contributed by atoms with Gasteiger partial charge in [0.15, 0.2) is 0 Å². The van der Waals surface area contributed by atoms with Crippen LogP contribution in [0.1, 0.15) is 52.9 Å². The van der Waals surface area contributed by atoms with Crippen LogP contribution in [0.4, 0.5) is 0 Å². The molecule has 0 aromatic heterocycles. The maximum atomic E-state index is 11.5. The minimum absolute atomic E-state index is 0.155. The van der Waals surface area contributed by atoms with E-state index in [2.05, 4.69) is 0 Å². The molecule has 0 saturated heterocycles. The highest BCUT2D eigenvalue weighted by molar-refractivity contribution is 5.63. The Bertz CT molecular complexity index is 254. The average molecular weight is 228 g/mol. The van der Waals surface area contributed by atoms with Crippen LogP contribution in [0, 0.1) is 11.3 Å². The second-order valence-corrected chi connectivity index (χ2v) is 5.25. The summed E-state index contributed by atoms with van der Waals surface area (Å²) in [4.78, 5) is 11.5. The first kappa shape index (κ1) is 13.7. The maximum Gasteiger partial charge on any atom is 0.129 e. The molecule has 1 aliphatic carbocycles. The van der Waals surface area contributed by atoms with Gasteiger partial charge in [-0.2, -0.15) is 0 Å². The van der Waals surface area contributed by atoms with Crippen molar-refractivity contribution in [1.82, 2.24) is 0 Å². The predicted molar refractivity (Wildman–Crippen MR) is 63.1 cm³/mol. The van der Waals surface area contributed by atoms with Crippen molar-refractivity contribution >= 4 is 6.29 Å². The lowest BCUT2D eigenvalue weighted by molar-refractivity contribution is -0.171. The van der Waals surface area contributed by atoms with Crippen LogP contribution in [0.2, 0.25) is 0 Å². The summed E-state index contributed by atoms with van der Waals surface area (Å²) >= 11 is 0. The molecule has 3 nitrogen and oxygen atoms in total. The van der Waals surface area contributed by atoms with E-state index in [-0.39, 0.29) is 5.92 Å². The fourth-order valence-corrected chi connectivity index (χ4v) is 3.15. The molecular weight excluding hydrogens is 204 g/mol. The van der Waals surface area contributed by atoms with Crippen molar-refractivity contribution in [3.8, 4) is 0 Å². The van der Waals surface area contributed by atoms with Crippen LogP contribution in [0.3, 0.4) is 0 Å². The normalized spacial score (nSPS) is 41.7. The lowest BCUT2D eigenvalue weighted by Crippen LogP contribution is -2.57. The number of aliphatic hydroxyl groups excluding tert-OH is 1. The van der Waals surface area contributed by atoms with E-state index in [1.165, 1.54) is 0 Å². The summed E-state index contributed by atoms with van der Waals surface area (Å²) in [5.74, 6) is 0.155. The molecule has 3 heteroatoms. The van der Waals surface area contributed by atoms with Gasteiger partial charge >= 0.3 is 0 Å². The summed E-state index contributed by atoms with van der Waals surface area (Å²) in [5, 5.41) is 20.4. The summed E-state index contributed by atoms with van der Waals surface area (Å²) in [6.07, 6.45) is 3.40. The lowest BCUT2D eigenvalue weighted by atomic mass is 9.56. The molecule has 0 amide bonds. The Labute approximate surface area is 97.9 Å². The van der Waals surface area contributed by atoms with Crippen molar-refractivity contribution in [3.05, 3.63) is 0 Å². The zero-order valence-electron chi connectivity index (χ0n) is 10.6. The van der Waals surface area contributed by atoms with Gasteiger partial charge in [0.1, 0.15) is 6.29 Å². The standard InChI is InChI=1S/C13H24O3/c1-4-10(3)12(9-14)7-6-11(15)8-13(12,16)5-2/h9-11,15-16H,4-8H2,1-3H3. The summed E-state index contributed by atoms with van der Waals surface area (Å²) in [6.45, 7) is 5.95. The third kappa shape index (κ3) is 1.91. The Balaban J connectivity index is 3.09. The molecule has 4 atom stereocenters. The molecule has 1 fully saturated rings. The second kappa shape index (κ2) is 4.84. The highest BCUT2D eigenvalue weighted by atomic mass is 16.3. The molecule has 1 aliphatic rings. The molecule has 16 heavy (non-hydrogen) atoms. The van der Waals surface area contributed by atoms with Crippen molar-refractivity contribution in [2.75, 3.05) is 0 Å². The molecule has 0 heterocycles. The molecule has 0 spiro atoms. The highest BCUT2D eigenvalue weighted by Crippen LogP contribution is 2.50. The van der Waals surface area contributed by atoms with E-state index in [0.29, 0.717) is 25.7 Å². The minimum Gasteiger partial charge on any atom is -0.393 e. The molecule has 0 aliphatic heterocycles. The Morgan fingerprint density at radius 1 is 1.50 bits per heavy atom. The van der Waals surface area contributed by atoms with E-state index < -0.39 is 17.1 Å². The second-order valence-electron chi connectivity index (χ2n) is 5.25. The Kier molecular flexibility index (Phi) is 4.13. The van der Waals surface area contributed by atoms with Crippen LogP contribution in [0.15, 0.2) is 0 Å². The van der Waals surface area contributed by atoms with Crippen molar-refractivity contribution < 1.29 is 15.0 Å². The van der Waals surface area contributed by atoms with Gasteiger partial charge in [0.25, 0.3) is 0 Å². The molecule has 0 aromatic carbocycles. The van der Waals surface area contributed by atoms with E-state index >= 15 is 0 Å². The Hall–Kier alpha value is -0.410. The summed E-state index contributed by atoms with van der Waals surface area (Å²) < 4.78 is 0. The highest BCUT2D eigenvalue weighted by Gasteiger charge is 2.55. The van der Waals surface area contributed by atoms with Crippen molar-refractivity contribution in [3.63, 3.8) is 0 Å². The van der Waals surface area contributed by atoms with Crippen molar-refractivity contribution in [1.29, 1.82) is 0 Å². The van der Waals surface area contributed by atoms with Crippen molar-refractivity contribution in [2.45, 2.75) is 64.6 Å². The first-order chi connectivity index (χ1) is 7.45. The quantitative estimate of drug-likeness (QED) is 0.723. The van der Waals surface area contributed by atoms with Crippen molar-refractivity contribution in [2.24, 2.45) is 11.3 Å². The summed E-state index contributed by atoms with van der Waals surface area (Å²) in [6, 6.07) is 0. The van der Waals surface area contributed by atoms with Gasteiger partial charge in [-0.25, -0.2) is 0 Å². The maximum absolute atomic E-state index is 11.5. The summed E-state index contributed by atoms with van der Waals surface area (Å²) in [5.41, 5.74) is -1.71. The van der Waals surface area contributed by atoms with E-state index in [0.717, 1.165) is 12.7 Å². The fraction of sp³-hybridized carbons (Fsp3) is 0.923. The molecule has 0 bridgehead atoms. The molecule has 0 aromatic rings. The smallest absolute Gasteiger partial charge is 0.129 e. The van der Waals surface area contributed by atoms with Gasteiger partial charge in [-0.15, -0.1) is 0 Å². The van der Waals surface area contributed by atoms with E-state index in [4.69, 9.17) is 0 Å². The minimum atomic E-state index is -1.04. The average Bonchev–Trinajstić information content (AvgIpc) is 2.29. The molecule has 94 valence electrons. The van der Waals surface area contributed by atoms with Crippen LogP contribution in [0.5, 0.6) is 0 Å². The number of aliphatic hydroxyl groups is 2. The molecular formula is C13H24O3. The zero-order valence-corrected chi connectivity index (χ0v) is 10.6. The number of rotatable bonds is 4. The molecule has 2 N–H and O–H groups in total. The Morgan fingerprint density at radius 3 is 2.56 bits per heavy atom. The monoisotopic (exact) mass is 228 g/mol. The SMILES string of the molecule is CCC(C)C1(C=O)CCC(O)CC1(O)CC. The number of carbonyl (C=O) groups is 1. The van der Waals surface area contributed by atoms with E-state index in [1.54, 1.807) is 0 Å². The topological polar surface area (TPSA) is 57.5 Å². The Morgan fingerprint density at radius 2 is 2.12 bits per heavy atom. The van der Waals surface area contributed by atoms with Gasteiger partial charge in [-0.1, -0.05) is 27.2 Å². The molecule has 1 rings (SSSR count). The lowest BCUT2D eigenvalue weighted by Gasteiger charge is -2.51. The van der Waals surface area contributed by atoms with E-state index in [1.807, 2.05) is 20.8 Å². The van der Waals surface area contributed by atoms with Crippen LogP contribution in [-0.4, -0.2) is 28.2 Å². The van der Waals surface area contributed by atoms with Gasteiger partial charge in [-0.05, 0) is 25.2 Å². The van der Waals surface area contributed by atoms with Gasteiger partial charge in [0, 0.05) is 6.42 Å². The largest absolute Gasteiger partial charge is 0.393 e. The molecule has 0 radical (unpaired) electrons.